The van der Waals surface area contributed by atoms with Crippen LogP contribution in [-0.2, 0) is 19.1 Å². The molecule has 0 aromatic rings. The van der Waals surface area contributed by atoms with Gasteiger partial charge >= 0.3 is 18.1 Å². The zero-order valence-electron chi connectivity index (χ0n) is 15.4. The number of aliphatic hydroxyl groups excluding tert-OH is 1. The van der Waals surface area contributed by atoms with Crippen molar-refractivity contribution in [3.8, 4) is 0 Å². The van der Waals surface area contributed by atoms with E-state index in [2.05, 4.69) is 0 Å². The molecular weight excluding hydrogens is 369 g/mol. The van der Waals surface area contributed by atoms with Gasteiger partial charge in [-0.15, -0.1) is 0 Å². The Morgan fingerprint density at radius 3 is 2.30 bits per heavy atom. The van der Waals surface area contributed by atoms with Crippen molar-refractivity contribution in [2.24, 2.45) is 5.41 Å². The standard InChI is InChI=1S/C17H27F3N2O5/c1-13(24)27-12-16(11-23)6-9-22(10-7-16)14(25)5-3-2-4-8-21-15(26)17(18,19)20/h23H,2-12H2,1H3,(H,21,26). The summed E-state index contributed by atoms with van der Waals surface area (Å²) in [5.41, 5.74) is -0.515. The summed E-state index contributed by atoms with van der Waals surface area (Å²) in [4.78, 5) is 35.5. The van der Waals surface area contributed by atoms with Gasteiger partial charge in [-0.3, -0.25) is 14.4 Å². The van der Waals surface area contributed by atoms with Crippen molar-refractivity contribution in [2.45, 2.75) is 51.6 Å². The lowest BCUT2D eigenvalue weighted by Gasteiger charge is -2.40. The molecule has 156 valence electrons. The maximum absolute atomic E-state index is 12.2. The van der Waals surface area contributed by atoms with Gasteiger partial charge in [0.05, 0.1) is 13.2 Å². The maximum Gasteiger partial charge on any atom is 0.471 e. The average molecular weight is 396 g/mol. The Balaban J connectivity index is 2.22. The van der Waals surface area contributed by atoms with Crippen molar-refractivity contribution in [3.05, 3.63) is 0 Å². The first-order valence-electron chi connectivity index (χ1n) is 8.97. The summed E-state index contributed by atoms with van der Waals surface area (Å²) in [6.45, 7) is 2.16. The van der Waals surface area contributed by atoms with Gasteiger partial charge in [0.1, 0.15) is 0 Å². The highest BCUT2D eigenvalue weighted by Crippen LogP contribution is 2.31. The van der Waals surface area contributed by atoms with Gasteiger partial charge in [0, 0.05) is 38.4 Å². The number of carbonyl (C=O) groups is 3. The molecule has 0 saturated carbocycles. The molecule has 27 heavy (non-hydrogen) atoms. The highest BCUT2D eigenvalue weighted by molar-refractivity contribution is 5.81. The number of nitrogens with one attached hydrogen (secondary N) is 1. The first-order valence-corrected chi connectivity index (χ1v) is 8.97. The fraction of sp³-hybridized carbons (Fsp3) is 0.824. The minimum atomic E-state index is -4.87. The lowest BCUT2D eigenvalue weighted by molar-refractivity contribution is -0.173. The van der Waals surface area contributed by atoms with Crippen LogP contribution >= 0.6 is 0 Å². The number of amides is 2. The second-order valence-corrected chi connectivity index (χ2v) is 6.88. The molecule has 1 aliphatic rings. The molecule has 1 heterocycles. The van der Waals surface area contributed by atoms with E-state index in [9.17, 15) is 32.7 Å². The van der Waals surface area contributed by atoms with Crippen molar-refractivity contribution in [3.63, 3.8) is 0 Å². The smallest absolute Gasteiger partial charge is 0.465 e. The van der Waals surface area contributed by atoms with Gasteiger partial charge in [0.25, 0.3) is 0 Å². The van der Waals surface area contributed by atoms with E-state index < -0.39 is 23.5 Å². The largest absolute Gasteiger partial charge is 0.471 e. The number of likely N-dealkylation sites (tertiary alicyclic amines) is 1. The third-order valence-electron chi connectivity index (χ3n) is 4.70. The predicted molar refractivity (Wildman–Crippen MR) is 89.5 cm³/mol. The van der Waals surface area contributed by atoms with Crippen LogP contribution in [0.3, 0.4) is 0 Å². The molecule has 0 bridgehead atoms. The van der Waals surface area contributed by atoms with E-state index >= 15 is 0 Å². The SMILES string of the molecule is CC(=O)OCC1(CO)CCN(C(=O)CCCCCNC(=O)C(F)(F)F)CC1. The Bertz CT molecular complexity index is 517. The minimum absolute atomic E-state index is 0.0478. The monoisotopic (exact) mass is 396 g/mol. The Labute approximate surface area is 156 Å². The summed E-state index contributed by atoms with van der Waals surface area (Å²) in [5, 5.41) is 11.4. The number of rotatable bonds is 9. The first kappa shape index (κ1) is 23.2. The van der Waals surface area contributed by atoms with Crippen molar-refractivity contribution in [1.82, 2.24) is 10.2 Å². The van der Waals surface area contributed by atoms with Crippen LogP contribution in [0.1, 0.15) is 45.4 Å². The number of piperidine rings is 1. The molecule has 1 fully saturated rings. The van der Waals surface area contributed by atoms with Crippen LogP contribution in [0.4, 0.5) is 13.2 Å². The van der Waals surface area contributed by atoms with Gasteiger partial charge in [-0.05, 0) is 25.7 Å². The van der Waals surface area contributed by atoms with E-state index in [1.807, 2.05) is 0 Å². The van der Waals surface area contributed by atoms with Crippen molar-refractivity contribution < 1.29 is 37.4 Å². The summed E-state index contributed by atoms with van der Waals surface area (Å²) in [5.74, 6) is -2.41. The molecule has 0 radical (unpaired) electrons. The first-order chi connectivity index (χ1) is 12.6. The zero-order valence-corrected chi connectivity index (χ0v) is 15.4. The number of alkyl halides is 3. The van der Waals surface area contributed by atoms with E-state index in [-0.39, 0.29) is 32.1 Å². The van der Waals surface area contributed by atoms with E-state index in [1.165, 1.54) is 6.92 Å². The topological polar surface area (TPSA) is 95.9 Å². The molecular formula is C17H27F3N2O5. The van der Waals surface area contributed by atoms with Gasteiger partial charge in [0.15, 0.2) is 0 Å². The molecule has 2 amide bonds. The number of hydrogen-bond acceptors (Lipinski definition) is 5. The Morgan fingerprint density at radius 2 is 1.78 bits per heavy atom. The third-order valence-corrected chi connectivity index (χ3v) is 4.70. The van der Waals surface area contributed by atoms with Gasteiger partial charge in [0.2, 0.25) is 5.91 Å². The number of ether oxygens (including phenoxy) is 1. The van der Waals surface area contributed by atoms with Gasteiger partial charge in [-0.1, -0.05) is 6.42 Å². The van der Waals surface area contributed by atoms with Crippen molar-refractivity contribution >= 4 is 17.8 Å². The molecule has 10 heteroatoms. The number of nitrogens with zero attached hydrogens (tertiary/aromatic N) is 1. The molecule has 0 aliphatic carbocycles. The number of unbranched alkanes of at least 4 members (excludes halogenated alkanes) is 2. The minimum Gasteiger partial charge on any atom is -0.465 e. The second-order valence-electron chi connectivity index (χ2n) is 6.88. The summed E-state index contributed by atoms with van der Waals surface area (Å²) in [6.07, 6.45) is -2.10. The van der Waals surface area contributed by atoms with Crippen molar-refractivity contribution in [1.29, 1.82) is 0 Å². The fourth-order valence-electron chi connectivity index (χ4n) is 2.87. The Morgan fingerprint density at radius 1 is 1.15 bits per heavy atom. The predicted octanol–water partition coefficient (Wildman–Crippen LogP) is 1.39. The highest BCUT2D eigenvalue weighted by atomic mass is 19.4. The average Bonchev–Trinajstić information content (AvgIpc) is 2.62. The Kier molecular flexibility index (Phi) is 9.01. The highest BCUT2D eigenvalue weighted by Gasteiger charge is 2.38. The normalized spacial score (nSPS) is 16.7. The third kappa shape index (κ3) is 8.15. The van der Waals surface area contributed by atoms with Gasteiger partial charge < -0.3 is 20.1 Å². The fourth-order valence-corrected chi connectivity index (χ4v) is 2.87. The molecule has 1 rings (SSSR count). The van der Waals surface area contributed by atoms with Gasteiger partial charge in [-0.25, -0.2) is 0 Å². The van der Waals surface area contributed by atoms with Crippen LogP contribution < -0.4 is 5.32 Å². The molecule has 0 unspecified atom stereocenters. The summed E-state index contributed by atoms with van der Waals surface area (Å²) in [6, 6.07) is 0. The quantitative estimate of drug-likeness (QED) is 0.454. The molecule has 1 saturated heterocycles. The van der Waals surface area contributed by atoms with E-state index in [1.54, 1.807) is 10.2 Å². The van der Waals surface area contributed by atoms with Crippen LogP contribution in [0.25, 0.3) is 0 Å². The molecule has 2 N–H and O–H groups in total. The molecule has 1 aliphatic heterocycles. The van der Waals surface area contributed by atoms with E-state index in [4.69, 9.17) is 4.74 Å². The van der Waals surface area contributed by atoms with Crippen molar-refractivity contribution in [2.75, 3.05) is 32.8 Å². The summed E-state index contributed by atoms with van der Waals surface area (Å²) < 4.78 is 41.0. The number of esters is 1. The van der Waals surface area contributed by atoms with E-state index in [0.717, 1.165) is 0 Å². The molecule has 0 spiro atoms. The Hall–Kier alpha value is -1.84. The lowest BCUT2D eigenvalue weighted by Crippen LogP contribution is -2.46. The van der Waals surface area contributed by atoms with Crippen LogP contribution in [0, 0.1) is 5.41 Å². The lowest BCUT2D eigenvalue weighted by atomic mass is 9.80. The number of aliphatic hydroxyl groups is 1. The van der Waals surface area contributed by atoms with Gasteiger partial charge in [-0.2, -0.15) is 13.2 Å². The van der Waals surface area contributed by atoms with E-state index in [0.29, 0.717) is 45.2 Å². The maximum atomic E-state index is 12.2. The van der Waals surface area contributed by atoms with Crippen LogP contribution in [-0.4, -0.2) is 66.8 Å². The number of halogens is 3. The second kappa shape index (κ2) is 10.5. The molecule has 0 atom stereocenters. The summed E-state index contributed by atoms with van der Waals surface area (Å²) >= 11 is 0. The molecule has 0 aromatic carbocycles. The van der Waals surface area contributed by atoms with Crippen LogP contribution in [0.15, 0.2) is 0 Å². The van der Waals surface area contributed by atoms with Crippen LogP contribution in [0.2, 0.25) is 0 Å². The van der Waals surface area contributed by atoms with Crippen LogP contribution in [0.5, 0.6) is 0 Å². The summed E-state index contributed by atoms with van der Waals surface area (Å²) in [7, 11) is 0. The molecule has 0 aromatic heterocycles. The molecule has 7 nitrogen and oxygen atoms in total. The zero-order chi connectivity index (χ0) is 20.5. The number of carbonyl (C=O) groups excluding carboxylic acids is 3. The number of hydrogen-bond donors (Lipinski definition) is 2.